The van der Waals surface area contributed by atoms with Gasteiger partial charge in [-0.05, 0) is 22.6 Å². The predicted octanol–water partition coefficient (Wildman–Crippen LogP) is 1.28. The molecule has 0 atom stereocenters. The largest absolute Gasteiger partial charge is 0.380 e. The summed E-state index contributed by atoms with van der Waals surface area (Å²) in [6, 6.07) is 0. The van der Waals surface area contributed by atoms with Crippen LogP contribution in [0.25, 0.3) is 11.0 Å². The Morgan fingerprint density at radius 2 is 2.33 bits per heavy atom. The van der Waals surface area contributed by atoms with Crippen LogP contribution >= 0.6 is 22.6 Å². The second kappa shape index (κ2) is 2.54. The van der Waals surface area contributed by atoms with Crippen LogP contribution in [0.1, 0.15) is 0 Å². The van der Waals surface area contributed by atoms with Gasteiger partial charge in [0.25, 0.3) is 0 Å². The predicted molar refractivity (Wildman–Crippen MR) is 51.0 cm³/mol. The minimum Gasteiger partial charge on any atom is -0.380 e. The Balaban J connectivity index is 2.93. The molecule has 0 saturated carbocycles. The molecule has 6 heteroatoms. The summed E-state index contributed by atoms with van der Waals surface area (Å²) in [7, 11) is 0. The molecule has 0 aliphatic rings. The van der Waals surface area contributed by atoms with Gasteiger partial charge in [0.15, 0.2) is 11.6 Å². The minimum absolute atomic E-state index is 0.294. The number of hydrogen-bond donors (Lipinski definition) is 2. The van der Waals surface area contributed by atoms with E-state index in [1.54, 1.807) is 0 Å². The standard InChI is InChI=1S/C6H4FIN4/c7-2-1-10-5-4(3(2)8)11-12-6(5)9/h1H,(H3,9,11,12). The van der Waals surface area contributed by atoms with E-state index in [1.807, 2.05) is 22.6 Å². The number of pyridine rings is 1. The molecular formula is C6H4FIN4. The van der Waals surface area contributed by atoms with Crippen molar-refractivity contribution in [2.75, 3.05) is 5.73 Å². The maximum Gasteiger partial charge on any atom is 0.171 e. The van der Waals surface area contributed by atoms with Crippen LogP contribution in [0, 0.1) is 9.39 Å². The molecule has 0 spiro atoms. The van der Waals surface area contributed by atoms with E-state index in [0.29, 0.717) is 20.4 Å². The molecule has 0 radical (unpaired) electrons. The molecule has 0 aliphatic heterocycles. The first-order valence-corrected chi connectivity index (χ1v) is 4.21. The summed E-state index contributed by atoms with van der Waals surface area (Å²) in [6.07, 6.45) is 1.13. The van der Waals surface area contributed by atoms with Gasteiger partial charge in [0.1, 0.15) is 11.0 Å². The van der Waals surface area contributed by atoms with Gasteiger partial charge < -0.3 is 5.73 Å². The highest BCUT2D eigenvalue weighted by Crippen LogP contribution is 2.22. The maximum absolute atomic E-state index is 12.9. The van der Waals surface area contributed by atoms with Crippen molar-refractivity contribution in [2.24, 2.45) is 0 Å². The molecule has 0 amide bonds. The van der Waals surface area contributed by atoms with Crippen molar-refractivity contribution in [2.45, 2.75) is 0 Å². The van der Waals surface area contributed by atoms with Crippen LogP contribution in [0.5, 0.6) is 0 Å². The van der Waals surface area contributed by atoms with Crippen LogP contribution in [0.4, 0.5) is 10.2 Å². The van der Waals surface area contributed by atoms with E-state index in [1.165, 1.54) is 0 Å². The van der Waals surface area contributed by atoms with Gasteiger partial charge in [0, 0.05) is 0 Å². The zero-order valence-corrected chi connectivity index (χ0v) is 7.96. The van der Waals surface area contributed by atoms with Crippen molar-refractivity contribution < 1.29 is 4.39 Å². The molecule has 0 aromatic carbocycles. The number of nitrogen functional groups attached to an aromatic ring is 1. The second-order valence-electron chi connectivity index (χ2n) is 2.25. The first-order valence-electron chi connectivity index (χ1n) is 3.13. The molecule has 0 saturated heterocycles. The fourth-order valence-electron chi connectivity index (χ4n) is 0.931. The molecule has 0 unspecified atom stereocenters. The molecule has 0 fully saturated rings. The van der Waals surface area contributed by atoms with E-state index in [0.717, 1.165) is 6.20 Å². The number of halogens is 2. The Kier molecular flexibility index (Phi) is 1.63. The number of rotatable bonds is 0. The number of nitrogens with zero attached hydrogens (tertiary/aromatic N) is 2. The van der Waals surface area contributed by atoms with Gasteiger partial charge in [-0.3, -0.25) is 5.10 Å². The van der Waals surface area contributed by atoms with Crippen LogP contribution in [0.15, 0.2) is 6.20 Å². The number of fused-ring (bicyclic) bond motifs is 1. The van der Waals surface area contributed by atoms with Crippen LogP contribution in [-0.4, -0.2) is 15.2 Å². The molecule has 0 aliphatic carbocycles. The van der Waals surface area contributed by atoms with Crippen molar-refractivity contribution in [3.63, 3.8) is 0 Å². The van der Waals surface area contributed by atoms with E-state index >= 15 is 0 Å². The highest BCUT2D eigenvalue weighted by molar-refractivity contribution is 14.1. The highest BCUT2D eigenvalue weighted by atomic mass is 127. The summed E-state index contributed by atoms with van der Waals surface area (Å²) in [5, 5.41) is 6.33. The molecule has 2 heterocycles. The summed E-state index contributed by atoms with van der Waals surface area (Å²) < 4.78 is 13.4. The Morgan fingerprint density at radius 1 is 1.58 bits per heavy atom. The lowest BCUT2D eigenvalue weighted by Gasteiger charge is -1.93. The van der Waals surface area contributed by atoms with E-state index in [2.05, 4.69) is 15.2 Å². The van der Waals surface area contributed by atoms with Crippen LogP contribution in [0.3, 0.4) is 0 Å². The molecule has 2 aromatic rings. The fraction of sp³-hybridized carbons (Fsp3) is 0. The molecule has 2 aromatic heterocycles. The summed E-state index contributed by atoms with van der Waals surface area (Å²) in [5.74, 6) is -0.0744. The monoisotopic (exact) mass is 278 g/mol. The average molecular weight is 278 g/mol. The van der Waals surface area contributed by atoms with Gasteiger partial charge in [0.2, 0.25) is 0 Å². The fourth-order valence-corrected chi connectivity index (χ4v) is 1.45. The Hall–Kier alpha value is -0.920. The smallest absolute Gasteiger partial charge is 0.171 e. The normalized spacial score (nSPS) is 10.8. The Labute approximate surface area is 80.5 Å². The molecule has 3 N–H and O–H groups in total. The number of nitrogens with two attached hydrogens (primary N) is 1. The van der Waals surface area contributed by atoms with E-state index in [9.17, 15) is 4.39 Å². The Morgan fingerprint density at radius 3 is 3.08 bits per heavy atom. The lowest BCUT2D eigenvalue weighted by Crippen LogP contribution is -1.88. The zero-order chi connectivity index (χ0) is 8.72. The molecule has 62 valence electrons. The summed E-state index contributed by atoms with van der Waals surface area (Å²) in [4.78, 5) is 3.80. The SMILES string of the molecule is Nc1n[nH]c2c(I)c(F)cnc12. The van der Waals surface area contributed by atoms with Crippen molar-refractivity contribution in [3.8, 4) is 0 Å². The summed E-state index contributed by atoms with van der Waals surface area (Å²) >= 11 is 1.87. The minimum atomic E-state index is -0.369. The maximum atomic E-state index is 12.9. The quantitative estimate of drug-likeness (QED) is 0.713. The topological polar surface area (TPSA) is 67.6 Å². The molecular weight excluding hydrogens is 274 g/mol. The van der Waals surface area contributed by atoms with Gasteiger partial charge in [0.05, 0.1) is 9.77 Å². The number of hydrogen-bond acceptors (Lipinski definition) is 3. The van der Waals surface area contributed by atoms with Crippen LogP contribution in [0.2, 0.25) is 0 Å². The first kappa shape index (κ1) is 7.71. The number of aromatic nitrogens is 3. The van der Waals surface area contributed by atoms with Crippen molar-refractivity contribution in [1.29, 1.82) is 0 Å². The van der Waals surface area contributed by atoms with Crippen LogP contribution < -0.4 is 5.73 Å². The van der Waals surface area contributed by atoms with Gasteiger partial charge in [-0.1, -0.05) is 0 Å². The number of nitrogens with one attached hydrogen (secondary N) is 1. The summed E-state index contributed by atoms with van der Waals surface area (Å²) in [5.41, 5.74) is 6.53. The number of H-pyrrole nitrogens is 1. The van der Waals surface area contributed by atoms with Crippen LogP contribution in [-0.2, 0) is 0 Å². The van der Waals surface area contributed by atoms with Crippen molar-refractivity contribution in [3.05, 3.63) is 15.6 Å². The van der Waals surface area contributed by atoms with E-state index < -0.39 is 0 Å². The molecule has 0 bridgehead atoms. The zero-order valence-electron chi connectivity index (χ0n) is 5.81. The van der Waals surface area contributed by atoms with Gasteiger partial charge in [-0.2, -0.15) is 5.10 Å². The average Bonchev–Trinajstić information content (AvgIpc) is 2.41. The van der Waals surface area contributed by atoms with Gasteiger partial charge >= 0.3 is 0 Å². The van der Waals surface area contributed by atoms with Crippen molar-refractivity contribution in [1.82, 2.24) is 15.2 Å². The number of aromatic amines is 1. The third-order valence-electron chi connectivity index (χ3n) is 1.50. The lowest BCUT2D eigenvalue weighted by atomic mass is 10.4. The summed E-state index contributed by atoms with van der Waals surface area (Å²) in [6.45, 7) is 0. The molecule has 2 rings (SSSR count). The van der Waals surface area contributed by atoms with E-state index in [-0.39, 0.29) is 5.82 Å². The van der Waals surface area contributed by atoms with Crippen molar-refractivity contribution >= 4 is 39.4 Å². The molecule has 4 nitrogen and oxygen atoms in total. The number of anilines is 1. The lowest BCUT2D eigenvalue weighted by molar-refractivity contribution is 0.617. The second-order valence-corrected chi connectivity index (χ2v) is 3.33. The van der Waals surface area contributed by atoms with E-state index in [4.69, 9.17) is 5.73 Å². The third-order valence-corrected chi connectivity index (χ3v) is 2.56. The Bertz CT molecular complexity index is 438. The molecule has 12 heavy (non-hydrogen) atoms. The first-order chi connectivity index (χ1) is 5.70. The van der Waals surface area contributed by atoms with Gasteiger partial charge in [-0.25, -0.2) is 9.37 Å². The van der Waals surface area contributed by atoms with Gasteiger partial charge in [-0.15, -0.1) is 0 Å². The third kappa shape index (κ3) is 0.942. The highest BCUT2D eigenvalue weighted by Gasteiger charge is 2.10.